The number of amides is 1. The van der Waals surface area contributed by atoms with Crippen LogP contribution in [0, 0.1) is 23.2 Å². The van der Waals surface area contributed by atoms with Crippen LogP contribution in [0.2, 0.25) is 0 Å². The molecule has 3 heteroatoms. The Bertz CT molecular complexity index is 486. The van der Waals surface area contributed by atoms with Crippen LogP contribution in [-0.2, 0) is 11.2 Å². The molecular formula is C18H25NOS. The van der Waals surface area contributed by atoms with Gasteiger partial charge in [0, 0.05) is 6.04 Å². The Morgan fingerprint density at radius 3 is 2.43 bits per heavy atom. The number of rotatable bonds is 4. The third-order valence-corrected chi connectivity index (χ3v) is 7.06. The van der Waals surface area contributed by atoms with E-state index in [1.165, 1.54) is 38.5 Å². The SMILES string of the molecule is C[C@H](NC(=O)Cc1ccsc1)C12CC3CC(CC(C3)C1)C2. The second-order valence-electron chi connectivity index (χ2n) is 7.88. The molecule has 0 aliphatic heterocycles. The summed E-state index contributed by atoms with van der Waals surface area (Å²) in [7, 11) is 0. The Morgan fingerprint density at radius 1 is 1.29 bits per heavy atom. The van der Waals surface area contributed by atoms with Gasteiger partial charge in [-0.1, -0.05) is 0 Å². The van der Waals surface area contributed by atoms with Crippen LogP contribution >= 0.6 is 11.3 Å². The van der Waals surface area contributed by atoms with Gasteiger partial charge in [0.25, 0.3) is 0 Å². The van der Waals surface area contributed by atoms with Crippen LogP contribution in [0.15, 0.2) is 16.8 Å². The summed E-state index contributed by atoms with van der Waals surface area (Å²) < 4.78 is 0. The molecule has 4 saturated carbocycles. The first kappa shape index (κ1) is 13.8. The number of carbonyl (C=O) groups excluding carboxylic acids is 1. The Balaban J connectivity index is 1.42. The van der Waals surface area contributed by atoms with Crippen LogP contribution in [0.5, 0.6) is 0 Å². The molecule has 0 aromatic carbocycles. The van der Waals surface area contributed by atoms with Gasteiger partial charge in [-0.05, 0) is 91.0 Å². The number of carbonyl (C=O) groups is 1. The van der Waals surface area contributed by atoms with Gasteiger partial charge >= 0.3 is 0 Å². The molecule has 1 amide bonds. The largest absolute Gasteiger partial charge is 0.353 e. The molecule has 114 valence electrons. The highest BCUT2D eigenvalue weighted by atomic mass is 32.1. The van der Waals surface area contributed by atoms with Crippen LogP contribution in [0.1, 0.15) is 51.0 Å². The Hall–Kier alpha value is -0.830. The first-order valence-corrected chi connectivity index (χ1v) is 9.38. The van der Waals surface area contributed by atoms with E-state index < -0.39 is 0 Å². The van der Waals surface area contributed by atoms with Gasteiger partial charge in [0.15, 0.2) is 0 Å². The van der Waals surface area contributed by atoms with E-state index in [-0.39, 0.29) is 5.91 Å². The number of hydrogen-bond acceptors (Lipinski definition) is 2. The summed E-state index contributed by atoms with van der Waals surface area (Å²) in [4.78, 5) is 12.3. The van der Waals surface area contributed by atoms with E-state index in [0.717, 1.165) is 23.3 Å². The minimum absolute atomic E-state index is 0.205. The Morgan fingerprint density at radius 2 is 1.90 bits per heavy atom. The lowest BCUT2D eigenvalue weighted by Gasteiger charge is -2.59. The first-order chi connectivity index (χ1) is 10.1. The fourth-order valence-electron chi connectivity index (χ4n) is 5.73. The van der Waals surface area contributed by atoms with Crippen LogP contribution in [0.25, 0.3) is 0 Å². The van der Waals surface area contributed by atoms with E-state index in [1.54, 1.807) is 11.3 Å². The van der Waals surface area contributed by atoms with Crippen molar-refractivity contribution >= 4 is 17.2 Å². The molecule has 1 atom stereocenters. The Labute approximate surface area is 131 Å². The summed E-state index contributed by atoms with van der Waals surface area (Å²) in [5, 5.41) is 7.47. The molecule has 1 aromatic rings. The van der Waals surface area contributed by atoms with Gasteiger partial charge in [-0.15, -0.1) is 0 Å². The lowest BCUT2D eigenvalue weighted by atomic mass is 9.48. The molecule has 5 rings (SSSR count). The zero-order valence-electron chi connectivity index (χ0n) is 12.8. The maximum Gasteiger partial charge on any atom is 0.224 e. The van der Waals surface area contributed by atoms with E-state index in [1.807, 2.05) is 5.38 Å². The molecule has 1 heterocycles. The smallest absolute Gasteiger partial charge is 0.224 e. The van der Waals surface area contributed by atoms with Crippen molar-refractivity contribution in [2.24, 2.45) is 23.2 Å². The molecule has 4 bridgehead atoms. The molecule has 4 fully saturated rings. The van der Waals surface area contributed by atoms with Gasteiger partial charge in [0.1, 0.15) is 0 Å². The minimum atomic E-state index is 0.205. The van der Waals surface area contributed by atoms with Crippen molar-refractivity contribution in [1.82, 2.24) is 5.32 Å². The van der Waals surface area contributed by atoms with Crippen molar-refractivity contribution in [2.75, 3.05) is 0 Å². The van der Waals surface area contributed by atoms with Crippen LogP contribution in [-0.4, -0.2) is 11.9 Å². The molecule has 0 saturated heterocycles. The summed E-state index contributed by atoms with van der Waals surface area (Å²) in [5.41, 5.74) is 1.56. The molecule has 21 heavy (non-hydrogen) atoms. The van der Waals surface area contributed by atoms with Crippen molar-refractivity contribution in [2.45, 2.75) is 57.9 Å². The van der Waals surface area contributed by atoms with Gasteiger partial charge in [-0.25, -0.2) is 0 Å². The van der Waals surface area contributed by atoms with Crippen molar-refractivity contribution in [3.63, 3.8) is 0 Å². The molecule has 4 aliphatic rings. The van der Waals surface area contributed by atoms with Gasteiger partial charge in [-0.3, -0.25) is 4.79 Å². The van der Waals surface area contributed by atoms with Crippen molar-refractivity contribution in [3.05, 3.63) is 22.4 Å². The second kappa shape index (κ2) is 5.12. The van der Waals surface area contributed by atoms with Crippen LogP contribution < -0.4 is 5.32 Å². The molecule has 1 aromatic heterocycles. The fourth-order valence-corrected chi connectivity index (χ4v) is 6.40. The van der Waals surface area contributed by atoms with Crippen LogP contribution in [0.4, 0.5) is 0 Å². The highest BCUT2D eigenvalue weighted by Gasteiger charge is 2.53. The van der Waals surface area contributed by atoms with E-state index in [2.05, 4.69) is 23.7 Å². The van der Waals surface area contributed by atoms with E-state index in [4.69, 9.17) is 0 Å². The number of hydrogen-bond donors (Lipinski definition) is 1. The van der Waals surface area contributed by atoms with E-state index in [9.17, 15) is 4.79 Å². The van der Waals surface area contributed by atoms with Crippen molar-refractivity contribution in [3.8, 4) is 0 Å². The highest BCUT2D eigenvalue weighted by molar-refractivity contribution is 7.07. The predicted molar refractivity (Wildman–Crippen MR) is 86.2 cm³/mol. The third-order valence-electron chi connectivity index (χ3n) is 6.33. The third kappa shape index (κ3) is 2.54. The van der Waals surface area contributed by atoms with Gasteiger partial charge in [0.05, 0.1) is 6.42 Å². The summed E-state index contributed by atoms with van der Waals surface area (Å²) >= 11 is 1.67. The molecule has 2 nitrogen and oxygen atoms in total. The number of nitrogens with one attached hydrogen (secondary N) is 1. The zero-order chi connectivity index (χ0) is 14.4. The molecule has 0 unspecified atom stereocenters. The summed E-state index contributed by atoms with van der Waals surface area (Å²) in [6, 6.07) is 2.40. The fraction of sp³-hybridized carbons (Fsp3) is 0.722. The van der Waals surface area contributed by atoms with Gasteiger partial charge < -0.3 is 5.32 Å². The summed E-state index contributed by atoms with van der Waals surface area (Å²) in [6.07, 6.45) is 9.02. The lowest BCUT2D eigenvalue weighted by Crippen LogP contribution is -2.56. The first-order valence-electron chi connectivity index (χ1n) is 8.43. The standard InChI is InChI=1S/C18H25NOS/c1-12(19-17(20)7-13-2-3-21-11-13)18-8-14-4-15(9-18)6-16(5-14)10-18/h2-3,11-12,14-16H,4-10H2,1H3,(H,19,20)/t12-,14?,15?,16?,18?/m0/s1. The quantitative estimate of drug-likeness (QED) is 0.894. The molecule has 4 aliphatic carbocycles. The second-order valence-corrected chi connectivity index (χ2v) is 8.66. The average Bonchev–Trinajstić information content (AvgIpc) is 2.89. The number of thiophene rings is 1. The summed E-state index contributed by atoms with van der Waals surface area (Å²) in [5.74, 6) is 3.06. The van der Waals surface area contributed by atoms with Crippen LogP contribution in [0.3, 0.4) is 0 Å². The van der Waals surface area contributed by atoms with Crippen molar-refractivity contribution < 1.29 is 4.79 Å². The summed E-state index contributed by atoms with van der Waals surface area (Å²) in [6.45, 7) is 2.26. The highest BCUT2D eigenvalue weighted by Crippen LogP contribution is 2.61. The Kier molecular flexibility index (Phi) is 3.36. The average molecular weight is 303 g/mol. The maximum absolute atomic E-state index is 12.3. The molecule has 0 radical (unpaired) electrons. The topological polar surface area (TPSA) is 29.1 Å². The van der Waals surface area contributed by atoms with E-state index >= 15 is 0 Å². The van der Waals surface area contributed by atoms with Gasteiger partial charge in [0.2, 0.25) is 5.91 Å². The predicted octanol–water partition coefficient (Wildman–Crippen LogP) is 4.01. The molecule has 1 N–H and O–H groups in total. The van der Waals surface area contributed by atoms with Gasteiger partial charge in [-0.2, -0.15) is 11.3 Å². The lowest BCUT2D eigenvalue weighted by molar-refractivity contribution is -0.125. The van der Waals surface area contributed by atoms with Crippen molar-refractivity contribution in [1.29, 1.82) is 0 Å². The van der Waals surface area contributed by atoms with E-state index in [0.29, 0.717) is 17.9 Å². The molecule has 0 spiro atoms. The molecular weight excluding hydrogens is 278 g/mol. The minimum Gasteiger partial charge on any atom is -0.353 e. The monoisotopic (exact) mass is 303 g/mol. The zero-order valence-corrected chi connectivity index (χ0v) is 13.6. The normalized spacial score (nSPS) is 38.4. The maximum atomic E-state index is 12.3.